The van der Waals surface area contributed by atoms with Gasteiger partial charge in [0.05, 0.1) is 35.6 Å². The standard InChI is InChI=1S/C20H19N5O4S/c1-13-2-5-15-20(23-30-22-15)19(13)21-18(26)7-4-14-3-6-16(17(12-14)25(27)28)24-8-10-29-11-9-24/h2-7,12H,8-11H2,1H3,(H,21,26)/b7-4+. The smallest absolute Gasteiger partial charge is 0.293 e. The summed E-state index contributed by atoms with van der Waals surface area (Å²) < 4.78 is 13.7. The number of nitrogens with zero attached hydrogens (tertiary/aromatic N) is 4. The molecular weight excluding hydrogens is 406 g/mol. The van der Waals surface area contributed by atoms with Crippen LogP contribution in [0, 0.1) is 17.0 Å². The van der Waals surface area contributed by atoms with Gasteiger partial charge in [-0.2, -0.15) is 8.75 Å². The largest absolute Gasteiger partial charge is 0.378 e. The predicted molar refractivity (Wildman–Crippen MR) is 116 cm³/mol. The van der Waals surface area contributed by atoms with Crippen LogP contribution in [0.4, 0.5) is 17.1 Å². The van der Waals surface area contributed by atoms with Crippen molar-refractivity contribution >= 4 is 51.8 Å². The highest BCUT2D eigenvalue weighted by atomic mass is 32.1. The summed E-state index contributed by atoms with van der Waals surface area (Å²) in [6.07, 6.45) is 2.91. The highest BCUT2D eigenvalue weighted by Gasteiger charge is 2.21. The number of fused-ring (bicyclic) bond motifs is 1. The number of rotatable bonds is 5. The van der Waals surface area contributed by atoms with E-state index in [1.165, 1.54) is 12.1 Å². The van der Waals surface area contributed by atoms with Crippen LogP contribution in [0.15, 0.2) is 36.4 Å². The number of hydrogen-bond acceptors (Lipinski definition) is 8. The highest BCUT2D eigenvalue weighted by molar-refractivity contribution is 7.00. The Bertz CT molecular complexity index is 1140. The average Bonchev–Trinajstić information content (AvgIpc) is 3.24. The maximum absolute atomic E-state index is 12.4. The number of nitro benzene ring substituents is 1. The third-order valence-electron chi connectivity index (χ3n) is 4.86. The first kappa shape index (κ1) is 19.9. The van der Waals surface area contributed by atoms with Crippen LogP contribution in [0.5, 0.6) is 0 Å². The van der Waals surface area contributed by atoms with Gasteiger partial charge in [-0.3, -0.25) is 14.9 Å². The molecule has 1 aromatic heterocycles. The lowest BCUT2D eigenvalue weighted by atomic mass is 10.1. The molecule has 4 rings (SSSR count). The van der Waals surface area contributed by atoms with Crippen molar-refractivity contribution in [1.29, 1.82) is 0 Å². The van der Waals surface area contributed by atoms with Crippen molar-refractivity contribution in [1.82, 2.24) is 8.75 Å². The monoisotopic (exact) mass is 425 g/mol. The third-order valence-corrected chi connectivity index (χ3v) is 5.40. The SMILES string of the molecule is Cc1ccc2nsnc2c1NC(=O)/C=C/c1ccc(N2CCOCC2)c([N+](=O)[O-])c1. The summed E-state index contributed by atoms with van der Waals surface area (Å²) in [4.78, 5) is 25.5. The van der Waals surface area contributed by atoms with Crippen LogP contribution in [0.25, 0.3) is 17.1 Å². The Hall–Kier alpha value is -3.37. The molecule has 3 aromatic rings. The molecule has 0 atom stereocenters. The fraction of sp³-hybridized carbons (Fsp3) is 0.250. The quantitative estimate of drug-likeness (QED) is 0.379. The van der Waals surface area contributed by atoms with Crippen LogP contribution < -0.4 is 10.2 Å². The number of benzene rings is 2. The molecule has 0 aliphatic carbocycles. The summed E-state index contributed by atoms with van der Waals surface area (Å²) in [6, 6.07) is 8.68. The molecule has 2 heterocycles. The van der Waals surface area contributed by atoms with Gasteiger partial charge >= 0.3 is 0 Å². The number of carbonyl (C=O) groups excluding carboxylic acids is 1. The molecule has 0 unspecified atom stereocenters. The summed E-state index contributed by atoms with van der Waals surface area (Å²) >= 11 is 1.09. The topological polar surface area (TPSA) is 110 Å². The maximum Gasteiger partial charge on any atom is 0.293 e. The zero-order valence-corrected chi connectivity index (χ0v) is 17.0. The number of morpholine rings is 1. The van der Waals surface area contributed by atoms with Crippen molar-refractivity contribution in [3.63, 3.8) is 0 Å². The summed E-state index contributed by atoms with van der Waals surface area (Å²) in [5.74, 6) is -0.349. The summed E-state index contributed by atoms with van der Waals surface area (Å²) in [7, 11) is 0. The number of carbonyl (C=O) groups is 1. The van der Waals surface area contributed by atoms with E-state index in [-0.39, 0.29) is 11.6 Å². The molecule has 2 aromatic carbocycles. The minimum atomic E-state index is -0.401. The molecule has 1 aliphatic heterocycles. The second-order valence-corrected chi connectivity index (χ2v) is 7.35. The van der Waals surface area contributed by atoms with Gasteiger partial charge in [0.1, 0.15) is 16.7 Å². The number of hydrogen-bond donors (Lipinski definition) is 1. The van der Waals surface area contributed by atoms with Crippen molar-refractivity contribution in [3.05, 3.63) is 57.6 Å². The van der Waals surface area contributed by atoms with Gasteiger partial charge in [0, 0.05) is 25.2 Å². The fourth-order valence-corrected chi connectivity index (χ4v) is 3.85. The molecule has 0 spiro atoms. The molecule has 0 bridgehead atoms. The molecule has 1 N–H and O–H groups in total. The van der Waals surface area contributed by atoms with Crippen molar-refractivity contribution in [2.45, 2.75) is 6.92 Å². The van der Waals surface area contributed by atoms with Crippen LogP contribution in [0.3, 0.4) is 0 Å². The molecule has 9 nitrogen and oxygen atoms in total. The van der Waals surface area contributed by atoms with Gasteiger partial charge in [-0.1, -0.05) is 12.1 Å². The Balaban J connectivity index is 1.53. The van der Waals surface area contributed by atoms with Crippen LogP contribution in [0.2, 0.25) is 0 Å². The number of nitrogens with one attached hydrogen (secondary N) is 1. The van der Waals surface area contributed by atoms with Gasteiger partial charge in [0.15, 0.2) is 0 Å². The molecule has 154 valence electrons. The van der Waals surface area contributed by atoms with Crippen molar-refractivity contribution < 1.29 is 14.5 Å². The van der Waals surface area contributed by atoms with Gasteiger partial charge in [0.25, 0.3) is 5.69 Å². The summed E-state index contributed by atoms with van der Waals surface area (Å²) in [5.41, 5.74) is 3.99. The van der Waals surface area contributed by atoms with Crippen molar-refractivity contribution in [2.24, 2.45) is 0 Å². The van der Waals surface area contributed by atoms with Crippen molar-refractivity contribution in [2.75, 3.05) is 36.5 Å². The van der Waals surface area contributed by atoms with E-state index in [1.54, 1.807) is 18.2 Å². The number of aryl methyl sites for hydroxylation is 1. The lowest BCUT2D eigenvalue weighted by Gasteiger charge is -2.28. The van der Waals surface area contributed by atoms with E-state index in [1.807, 2.05) is 24.0 Å². The predicted octanol–water partition coefficient (Wildman–Crippen LogP) is 3.40. The first-order chi connectivity index (χ1) is 14.5. The van der Waals surface area contributed by atoms with Gasteiger partial charge in [0.2, 0.25) is 5.91 Å². The first-order valence-electron chi connectivity index (χ1n) is 9.35. The molecule has 1 aliphatic rings. The van der Waals surface area contributed by atoms with Crippen molar-refractivity contribution in [3.8, 4) is 0 Å². The van der Waals surface area contributed by atoms with Crippen LogP contribution in [-0.2, 0) is 9.53 Å². The van der Waals surface area contributed by atoms with Gasteiger partial charge in [-0.25, -0.2) is 0 Å². The number of anilines is 2. The maximum atomic E-state index is 12.4. The molecule has 30 heavy (non-hydrogen) atoms. The Labute approximate surface area is 176 Å². The van der Waals surface area contributed by atoms with E-state index in [2.05, 4.69) is 14.1 Å². The molecule has 0 radical (unpaired) electrons. The normalized spacial score (nSPS) is 14.4. The van der Waals surface area contributed by atoms with Gasteiger partial charge in [-0.05, 0) is 36.3 Å². The molecule has 1 saturated heterocycles. The third kappa shape index (κ3) is 4.14. The lowest BCUT2D eigenvalue weighted by molar-refractivity contribution is -0.384. The summed E-state index contributed by atoms with van der Waals surface area (Å²) in [6.45, 7) is 4.18. The van der Waals surface area contributed by atoms with Gasteiger partial charge in [-0.15, -0.1) is 0 Å². The van der Waals surface area contributed by atoms with E-state index in [9.17, 15) is 14.9 Å². The molecule has 10 heteroatoms. The van der Waals surface area contributed by atoms with Crippen LogP contribution in [-0.4, -0.2) is 45.9 Å². The number of ether oxygens (including phenoxy) is 1. The van der Waals surface area contributed by atoms with E-state index in [4.69, 9.17) is 4.74 Å². The highest BCUT2D eigenvalue weighted by Crippen LogP contribution is 2.30. The van der Waals surface area contributed by atoms with E-state index < -0.39 is 4.92 Å². The summed E-state index contributed by atoms with van der Waals surface area (Å²) in [5, 5.41) is 14.4. The van der Waals surface area contributed by atoms with E-state index in [0.717, 1.165) is 22.8 Å². The lowest BCUT2D eigenvalue weighted by Crippen LogP contribution is -2.36. The molecule has 1 amide bonds. The van der Waals surface area contributed by atoms with Crippen LogP contribution >= 0.6 is 11.7 Å². The number of nitro groups is 1. The Morgan fingerprint density at radius 3 is 2.83 bits per heavy atom. The van der Waals surface area contributed by atoms with Gasteiger partial charge < -0.3 is 15.0 Å². The molecule has 1 fully saturated rings. The van der Waals surface area contributed by atoms with Crippen LogP contribution in [0.1, 0.15) is 11.1 Å². The Morgan fingerprint density at radius 2 is 2.07 bits per heavy atom. The molecular formula is C20H19N5O4S. The van der Waals surface area contributed by atoms with E-state index in [0.29, 0.717) is 48.8 Å². The Morgan fingerprint density at radius 1 is 1.27 bits per heavy atom. The first-order valence-corrected chi connectivity index (χ1v) is 10.1. The number of amides is 1. The minimum absolute atomic E-state index is 0.00798. The Kier molecular flexibility index (Phi) is 5.68. The number of aromatic nitrogens is 2. The molecule has 0 saturated carbocycles. The average molecular weight is 425 g/mol. The zero-order valence-electron chi connectivity index (χ0n) is 16.2. The fourth-order valence-electron chi connectivity index (χ4n) is 3.31. The second-order valence-electron chi connectivity index (χ2n) is 6.82. The zero-order chi connectivity index (χ0) is 21.1. The van der Waals surface area contributed by atoms with E-state index >= 15 is 0 Å². The minimum Gasteiger partial charge on any atom is -0.378 e. The second kappa shape index (κ2) is 8.56.